The van der Waals surface area contributed by atoms with Gasteiger partial charge in [-0.2, -0.15) is 0 Å². The molecule has 2 aromatic carbocycles. The van der Waals surface area contributed by atoms with E-state index in [9.17, 15) is 9.50 Å². The van der Waals surface area contributed by atoms with Crippen molar-refractivity contribution in [3.05, 3.63) is 95.6 Å². The minimum absolute atomic E-state index is 0.217. The summed E-state index contributed by atoms with van der Waals surface area (Å²) in [5, 5.41) is 10.3. The molecule has 3 aromatic rings. The number of halogens is 1. The number of methoxy groups -OCH3 is 1. The molecule has 1 heterocycles. The van der Waals surface area contributed by atoms with E-state index >= 15 is 0 Å². The van der Waals surface area contributed by atoms with Crippen LogP contribution in [0.4, 0.5) is 4.39 Å². The normalized spacial score (nSPS) is 13.4. The summed E-state index contributed by atoms with van der Waals surface area (Å²) in [6.07, 6.45) is 1.50. The second kappa shape index (κ2) is 10.2. The van der Waals surface area contributed by atoms with Crippen molar-refractivity contribution in [1.29, 1.82) is 0 Å². The Morgan fingerprint density at radius 1 is 1.00 bits per heavy atom. The van der Waals surface area contributed by atoms with E-state index < -0.39 is 6.10 Å². The summed E-state index contributed by atoms with van der Waals surface area (Å²) in [7, 11) is 1.60. The van der Waals surface area contributed by atoms with Gasteiger partial charge in [-0.3, -0.25) is 0 Å². The van der Waals surface area contributed by atoms with Crippen molar-refractivity contribution >= 4 is 0 Å². The minimum Gasteiger partial charge on any atom is -0.385 e. The van der Waals surface area contributed by atoms with Crippen LogP contribution < -0.4 is 4.90 Å². The molecule has 3 rings (SSSR count). The average Bonchev–Trinajstić information content (AvgIpc) is 3.09. The number of aliphatic hydroxyl groups excluding tert-OH is 1. The fraction of sp³-hybridized carbons (Fsp3) is 0.304. The highest BCUT2D eigenvalue weighted by atomic mass is 19.1. The molecule has 28 heavy (non-hydrogen) atoms. The predicted molar refractivity (Wildman–Crippen MR) is 107 cm³/mol. The Kier molecular flexibility index (Phi) is 7.37. The van der Waals surface area contributed by atoms with E-state index in [-0.39, 0.29) is 5.82 Å². The lowest BCUT2D eigenvalue weighted by atomic mass is 10.2. The molecule has 2 atom stereocenters. The highest BCUT2D eigenvalue weighted by Crippen LogP contribution is 2.09. The minimum atomic E-state index is -0.518. The third kappa shape index (κ3) is 6.02. The van der Waals surface area contributed by atoms with Gasteiger partial charge in [0.05, 0.1) is 12.3 Å². The standard InChI is InChI=1S/C23H27FN2O2/c1-28-18-23(27)17-25(14-19-7-3-2-4-8-19)16-22-11-6-12-26(22)15-20-9-5-10-21(24)13-20/h2-13,23,27H,14-18H2,1H3/p+1/t23-/m0/s1. The van der Waals surface area contributed by atoms with Crippen LogP contribution in [0.2, 0.25) is 0 Å². The molecule has 0 aliphatic heterocycles. The van der Waals surface area contributed by atoms with E-state index in [1.807, 2.05) is 36.5 Å². The van der Waals surface area contributed by atoms with E-state index in [4.69, 9.17) is 4.74 Å². The van der Waals surface area contributed by atoms with Gasteiger partial charge in [0.2, 0.25) is 0 Å². The number of quaternary nitrogens is 1. The maximum absolute atomic E-state index is 13.5. The van der Waals surface area contributed by atoms with Crippen LogP contribution in [0.3, 0.4) is 0 Å². The number of aromatic nitrogens is 1. The second-order valence-corrected chi connectivity index (χ2v) is 7.16. The van der Waals surface area contributed by atoms with Crippen molar-refractivity contribution < 1.29 is 19.1 Å². The van der Waals surface area contributed by atoms with E-state index in [2.05, 4.69) is 22.8 Å². The van der Waals surface area contributed by atoms with Crippen molar-refractivity contribution in [1.82, 2.24) is 4.57 Å². The first kappa shape index (κ1) is 20.3. The zero-order valence-corrected chi connectivity index (χ0v) is 16.2. The van der Waals surface area contributed by atoms with Gasteiger partial charge in [-0.1, -0.05) is 42.5 Å². The summed E-state index contributed by atoms with van der Waals surface area (Å²) in [4.78, 5) is 1.25. The van der Waals surface area contributed by atoms with Gasteiger partial charge in [-0.25, -0.2) is 4.39 Å². The Labute approximate surface area is 165 Å². The molecule has 0 radical (unpaired) electrons. The van der Waals surface area contributed by atoms with Gasteiger partial charge in [-0.15, -0.1) is 0 Å². The largest absolute Gasteiger partial charge is 0.385 e. The van der Waals surface area contributed by atoms with Crippen molar-refractivity contribution in [2.75, 3.05) is 20.3 Å². The number of aliphatic hydroxyl groups is 1. The number of benzene rings is 2. The highest BCUT2D eigenvalue weighted by molar-refractivity contribution is 5.19. The molecule has 0 bridgehead atoms. The van der Waals surface area contributed by atoms with Crippen LogP contribution in [0.15, 0.2) is 72.9 Å². The third-order valence-electron chi connectivity index (χ3n) is 4.78. The van der Waals surface area contributed by atoms with Crippen LogP contribution in [-0.4, -0.2) is 36.0 Å². The molecule has 0 fully saturated rings. The van der Waals surface area contributed by atoms with Crippen LogP contribution >= 0.6 is 0 Å². The Morgan fingerprint density at radius 2 is 1.79 bits per heavy atom. The predicted octanol–water partition coefficient (Wildman–Crippen LogP) is 2.27. The van der Waals surface area contributed by atoms with Gasteiger partial charge in [-0.05, 0) is 29.8 Å². The molecule has 0 aliphatic carbocycles. The molecule has 1 aromatic heterocycles. The number of rotatable bonds is 10. The maximum atomic E-state index is 13.5. The van der Waals surface area contributed by atoms with Crippen LogP contribution in [0.5, 0.6) is 0 Å². The first-order valence-electron chi connectivity index (χ1n) is 9.57. The quantitative estimate of drug-likeness (QED) is 0.564. The summed E-state index contributed by atoms with van der Waals surface area (Å²) in [6.45, 7) is 3.11. The number of nitrogens with one attached hydrogen (secondary N) is 1. The summed E-state index contributed by atoms with van der Waals surface area (Å²) >= 11 is 0. The molecule has 0 aliphatic rings. The molecule has 0 spiro atoms. The first-order chi connectivity index (χ1) is 13.6. The van der Waals surface area contributed by atoms with Gasteiger partial charge >= 0.3 is 0 Å². The molecule has 0 amide bonds. The fourth-order valence-corrected chi connectivity index (χ4v) is 3.53. The number of nitrogens with zero attached hydrogens (tertiary/aromatic N) is 1. The Morgan fingerprint density at radius 3 is 2.54 bits per heavy atom. The lowest BCUT2D eigenvalue weighted by Gasteiger charge is -2.23. The van der Waals surface area contributed by atoms with Crippen LogP contribution in [0.25, 0.3) is 0 Å². The summed E-state index contributed by atoms with van der Waals surface area (Å²) in [5.74, 6) is -0.217. The monoisotopic (exact) mass is 383 g/mol. The molecule has 4 nitrogen and oxygen atoms in total. The number of hydrogen-bond donors (Lipinski definition) is 2. The van der Waals surface area contributed by atoms with Gasteiger partial charge in [0.1, 0.15) is 31.6 Å². The molecule has 0 saturated carbocycles. The average molecular weight is 383 g/mol. The lowest BCUT2D eigenvalue weighted by molar-refractivity contribution is -0.931. The second-order valence-electron chi connectivity index (χ2n) is 7.16. The zero-order valence-electron chi connectivity index (χ0n) is 16.2. The highest BCUT2D eigenvalue weighted by Gasteiger charge is 2.18. The molecule has 1 unspecified atom stereocenters. The van der Waals surface area contributed by atoms with Gasteiger partial charge in [0.15, 0.2) is 0 Å². The van der Waals surface area contributed by atoms with E-state index in [0.717, 1.165) is 24.3 Å². The maximum Gasteiger partial charge on any atom is 0.126 e. The van der Waals surface area contributed by atoms with Crippen molar-refractivity contribution in [3.63, 3.8) is 0 Å². The summed E-state index contributed by atoms with van der Waals surface area (Å²) < 4.78 is 20.8. The van der Waals surface area contributed by atoms with E-state index in [0.29, 0.717) is 19.7 Å². The van der Waals surface area contributed by atoms with Gasteiger partial charge in [0, 0.05) is 25.4 Å². The summed E-state index contributed by atoms with van der Waals surface area (Å²) in [6, 6.07) is 21.1. The Balaban J connectivity index is 1.73. The molecule has 2 N–H and O–H groups in total. The number of ether oxygens (including phenoxy) is 1. The van der Waals surface area contributed by atoms with Crippen LogP contribution in [0, 0.1) is 5.82 Å². The van der Waals surface area contributed by atoms with Gasteiger partial charge in [0.25, 0.3) is 0 Å². The Bertz CT molecular complexity index is 851. The van der Waals surface area contributed by atoms with E-state index in [1.54, 1.807) is 19.2 Å². The molecule has 5 heteroatoms. The van der Waals surface area contributed by atoms with Crippen LogP contribution in [-0.2, 0) is 24.4 Å². The number of hydrogen-bond acceptors (Lipinski definition) is 2. The van der Waals surface area contributed by atoms with Gasteiger partial charge < -0.3 is 19.3 Å². The summed E-state index contributed by atoms with van der Waals surface area (Å²) in [5.41, 5.74) is 3.31. The van der Waals surface area contributed by atoms with Crippen molar-refractivity contribution in [2.24, 2.45) is 0 Å². The molecular formula is C23H28FN2O2+. The topological polar surface area (TPSA) is 38.8 Å². The third-order valence-corrected chi connectivity index (χ3v) is 4.78. The van der Waals surface area contributed by atoms with Crippen LogP contribution in [0.1, 0.15) is 16.8 Å². The SMILES string of the molecule is COC[C@@H](O)C[NH+](Cc1ccccc1)Cc1cccn1Cc1cccc(F)c1. The molecule has 148 valence electrons. The fourth-order valence-electron chi connectivity index (χ4n) is 3.53. The molecule has 0 saturated heterocycles. The zero-order chi connectivity index (χ0) is 19.8. The Hall–Kier alpha value is -2.47. The first-order valence-corrected chi connectivity index (χ1v) is 9.57. The van der Waals surface area contributed by atoms with Crippen molar-refractivity contribution in [3.8, 4) is 0 Å². The van der Waals surface area contributed by atoms with Crippen molar-refractivity contribution in [2.45, 2.75) is 25.7 Å². The lowest BCUT2D eigenvalue weighted by Crippen LogP contribution is -3.10. The molecular weight excluding hydrogens is 355 g/mol. The smallest absolute Gasteiger partial charge is 0.126 e. The van der Waals surface area contributed by atoms with E-state index in [1.165, 1.54) is 16.5 Å².